The molecule has 1 aliphatic heterocycles. The van der Waals surface area contributed by atoms with Crippen LogP contribution in [-0.2, 0) is 24.2 Å². The zero-order chi connectivity index (χ0) is 31.8. The smallest absolute Gasteiger partial charge is 0.385 e. The molecule has 1 atom stereocenters. The van der Waals surface area contributed by atoms with Gasteiger partial charge in [-0.3, -0.25) is 9.69 Å². The van der Waals surface area contributed by atoms with Crippen molar-refractivity contribution in [1.29, 1.82) is 0 Å². The molecule has 5 nitrogen and oxygen atoms in total. The second-order valence-corrected chi connectivity index (χ2v) is 10.7. The van der Waals surface area contributed by atoms with Crippen molar-refractivity contribution in [3.63, 3.8) is 0 Å². The molecule has 4 rings (SSSR count). The Morgan fingerprint density at radius 1 is 0.767 bits per heavy atom. The van der Waals surface area contributed by atoms with Crippen LogP contribution in [0, 0.1) is 11.6 Å². The molecule has 1 unspecified atom stereocenters. The minimum absolute atomic E-state index is 0.0912. The van der Waals surface area contributed by atoms with Gasteiger partial charge < -0.3 is 15.1 Å². The number of hydrogen-bond donors (Lipinski definition) is 2. The van der Waals surface area contributed by atoms with Crippen molar-refractivity contribution < 1.29 is 50.1 Å². The summed E-state index contributed by atoms with van der Waals surface area (Å²) in [6.45, 7) is 2.80. The molecule has 1 aliphatic rings. The Hall–Kier alpha value is -3.55. The molecule has 2 N–H and O–H groups in total. The fraction of sp³-hybridized carbons (Fsp3) is 0.367. The third kappa shape index (κ3) is 6.84. The third-order valence-corrected chi connectivity index (χ3v) is 7.56. The summed E-state index contributed by atoms with van der Waals surface area (Å²) in [5, 5.41) is 20.3. The predicted octanol–water partition coefficient (Wildman–Crippen LogP) is 5.69. The summed E-state index contributed by atoms with van der Waals surface area (Å²) in [6, 6.07) is 12.4. The standard InChI is InChI=1S/C30H28F8N2O3/c1-27(42,22-8-10-24(31)11-9-22)17-21-5-4-20(16-25(21)32)26(41)40-14-12-39(13-15-40)18-19-2-6-23(7-3-19)28(43,29(33,34)35)30(36,37)38/h2-11,16,42-43H,12-15,17-18H2,1H3. The molecule has 0 radical (unpaired) electrons. The van der Waals surface area contributed by atoms with Crippen LogP contribution in [0.25, 0.3) is 0 Å². The van der Waals surface area contributed by atoms with Crippen molar-refractivity contribution in [1.82, 2.24) is 9.80 Å². The summed E-state index contributed by atoms with van der Waals surface area (Å²) in [5.41, 5.74) is -6.78. The molecule has 0 saturated carbocycles. The van der Waals surface area contributed by atoms with Gasteiger partial charge in [0.25, 0.3) is 11.5 Å². The summed E-state index contributed by atoms with van der Waals surface area (Å²) < 4.78 is 107. The van der Waals surface area contributed by atoms with Crippen LogP contribution in [-0.4, -0.2) is 64.5 Å². The highest BCUT2D eigenvalue weighted by atomic mass is 19.4. The minimum Gasteiger partial charge on any atom is -0.385 e. The molecule has 0 bridgehead atoms. The lowest BCUT2D eigenvalue weighted by molar-refractivity contribution is -0.376. The van der Waals surface area contributed by atoms with Crippen LogP contribution in [0.3, 0.4) is 0 Å². The second-order valence-electron chi connectivity index (χ2n) is 10.7. The molecule has 3 aromatic carbocycles. The van der Waals surface area contributed by atoms with Gasteiger partial charge >= 0.3 is 12.4 Å². The minimum atomic E-state index is -5.97. The van der Waals surface area contributed by atoms with E-state index in [4.69, 9.17) is 0 Å². The van der Waals surface area contributed by atoms with Crippen LogP contribution in [0.15, 0.2) is 66.7 Å². The van der Waals surface area contributed by atoms with E-state index in [9.17, 15) is 50.1 Å². The maximum atomic E-state index is 14.9. The number of piperazine rings is 1. The normalized spacial score (nSPS) is 16.7. The van der Waals surface area contributed by atoms with Crippen LogP contribution in [0.4, 0.5) is 35.1 Å². The van der Waals surface area contributed by atoms with Crippen molar-refractivity contribution in [3.8, 4) is 0 Å². The van der Waals surface area contributed by atoms with E-state index in [0.717, 1.165) is 18.2 Å². The van der Waals surface area contributed by atoms with E-state index in [1.807, 2.05) is 4.90 Å². The molecular formula is C30H28F8N2O3. The van der Waals surface area contributed by atoms with Crippen molar-refractivity contribution in [2.24, 2.45) is 0 Å². The first-order valence-electron chi connectivity index (χ1n) is 13.2. The van der Waals surface area contributed by atoms with E-state index in [1.54, 1.807) is 0 Å². The SMILES string of the molecule is CC(O)(Cc1ccc(C(=O)N2CCN(Cc3ccc(C(O)(C(F)(F)F)C(F)(F)F)cc3)CC2)cc1F)c1ccc(F)cc1. The zero-order valence-corrected chi connectivity index (χ0v) is 22.8. The Bertz CT molecular complexity index is 1420. The van der Waals surface area contributed by atoms with E-state index < -0.39 is 46.7 Å². The van der Waals surface area contributed by atoms with Crippen LogP contribution >= 0.6 is 0 Å². The number of carbonyl (C=O) groups excluding carboxylic acids is 1. The van der Waals surface area contributed by atoms with E-state index in [2.05, 4.69) is 0 Å². The monoisotopic (exact) mass is 616 g/mol. The van der Waals surface area contributed by atoms with Crippen molar-refractivity contribution >= 4 is 5.91 Å². The van der Waals surface area contributed by atoms with Gasteiger partial charge in [-0.25, -0.2) is 8.78 Å². The molecule has 1 heterocycles. The maximum Gasteiger partial charge on any atom is 0.430 e. The van der Waals surface area contributed by atoms with Gasteiger partial charge in [0.15, 0.2) is 0 Å². The molecule has 3 aromatic rings. The number of benzene rings is 3. The summed E-state index contributed by atoms with van der Waals surface area (Å²) in [6.07, 6.45) is -12.1. The Balaban J connectivity index is 1.35. The van der Waals surface area contributed by atoms with Gasteiger partial charge in [-0.05, 0) is 47.9 Å². The lowest BCUT2D eigenvalue weighted by atomic mass is 9.88. The van der Waals surface area contributed by atoms with Gasteiger partial charge in [-0.1, -0.05) is 42.5 Å². The number of nitrogens with zero attached hydrogens (tertiary/aromatic N) is 2. The third-order valence-electron chi connectivity index (χ3n) is 7.56. The van der Waals surface area contributed by atoms with E-state index in [-0.39, 0.29) is 37.2 Å². The second kappa shape index (κ2) is 11.9. The first-order chi connectivity index (χ1) is 19.9. The highest BCUT2D eigenvalue weighted by Gasteiger charge is 2.71. The van der Waals surface area contributed by atoms with Crippen LogP contribution in [0.2, 0.25) is 0 Å². The Kier molecular flexibility index (Phi) is 8.92. The highest BCUT2D eigenvalue weighted by molar-refractivity contribution is 5.94. The van der Waals surface area contributed by atoms with Crippen LogP contribution in [0.1, 0.15) is 39.5 Å². The fourth-order valence-corrected chi connectivity index (χ4v) is 4.99. The quantitative estimate of drug-likeness (QED) is 0.335. The fourth-order valence-electron chi connectivity index (χ4n) is 4.99. The topological polar surface area (TPSA) is 64.0 Å². The summed E-state index contributed by atoms with van der Waals surface area (Å²) >= 11 is 0. The Labute approximate surface area is 242 Å². The average Bonchev–Trinajstić information content (AvgIpc) is 2.93. The van der Waals surface area contributed by atoms with E-state index >= 15 is 0 Å². The molecule has 1 amide bonds. The number of amides is 1. The Morgan fingerprint density at radius 2 is 1.30 bits per heavy atom. The molecule has 0 spiro atoms. The molecule has 0 aromatic heterocycles. The van der Waals surface area contributed by atoms with Crippen molar-refractivity contribution in [3.05, 3.63) is 106 Å². The molecule has 232 valence electrons. The number of rotatable bonds is 7. The summed E-state index contributed by atoms with van der Waals surface area (Å²) in [4.78, 5) is 16.4. The largest absolute Gasteiger partial charge is 0.430 e. The van der Waals surface area contributed by atoms with Gasteiger partial charge in [-0.15, -0.1) is 0 Å². The predicted molar refractivity (Wildman–Crippen MR) is 140 cm³/mol. The average molecular weight is 617 g/mol. The number of aliphatic hydroxyl groups is 2. The number of carbonyl (C=O) groups is 1. The zero-order valence-electron chi connectivity index (χ0n) is 22.8. The lowest BCUT2D eigenvalue weighted by Gasteiger charge is -2.35. The summed E-state index contributed by atoms with van der Waals surface area (Å²) in [7, 11) is 0. The number of halogens is 8. The highest BCUT2D eigenvalue weighted by Crippen LogP contribution is 2.50. The van der Waals surface area contributed by atoms with Crippen LogP contribution < -0.4 is 0 Å². The first kappa shape index (κ1) is 32.4. The molecule has 13 heteroatoms. The molecule has 1 fully saturated rings. The van der Waals surface area contributed by atoms with Gasteiger partial charge in [0.1, 0.15) is 11.6 Å². The van der Waals surface area contributed by atoms with Gasteiger partial charge in [0.05, 0.1) is 5.60 Å². The van der Waals surface area contributed by atoms with E-state index in [0.29, 0.717) is 36.3 Å². The van der Waals surface area contributed by atoms with Crippen LogP contribution in [0.5, 0.6) is 0 Å². The summed E-state index contributed by atoms with van der Waals surface area (Å²) in [5.74, 6) is -1.60. The molecule has 1 saturated heterocycles. The maximum absolute atomic E-state index is 14.9. The molecular weight excluding hydrogens is 588 g/mol. The lowest BCUT2D eigenvalue weighted by Crippen LogP contribution is -2.53. The van der Waals surface area contributed by atoms with E-state index in [1.165, 1.54) is 48.2 Å². The van der Waals surface area contributed by atoms with Crippen molar-refractivity contribution in [2.45, 2.75) is 43.4 Å². The van der Waals surface area contributed by atoms with Crippen molar-refractivity contribution in [2.75, 3.05) is 26.2 Å². The Morgan fingerprint density at radius 3 is 1.81 bits per heavy atom. The van der Waals surface area contributed by atoms with Gasteiger partial charge in [0.2, 0.25) is 0 Å². The first-order valence-corrected chi connectivity index (χ1v) is 13.2. The van der Waals surface area contributed by atoms with Gasteiger partial charge in [-0.2, -0.15) is 26.3 Å². The number of alkyl halides is 6. The van der Waals surface area contributed by atoms with Gasteiger partial charge in [0, 0.05) is 50.3 Å². The molecule has 0 aliphatic carbocycles. The number of hydrogen-bond acceptors (Lipinski definition) is 4. The molecule has 43 heavy (non-hydrogen) atoms.